The number of unbranched alkanes of at least 4 members (excludes halogenated alkanes) is 25. The van der Waals surface area contributed by atoms with Crippen LogP contribution in [0.3, 0.4) is 0 Å². The lowest BCUT2D eigenvalue weighted by Gasteiger charge is -2.29. The van der Waals surface area contributed by atoms with Crippen molar-refractivity contribution in [2.24, 2.45) is 0 Å². The quantitative estimate of drug-likeness (QED) is 0.0870. The van der Waals surface area contributed by atoms with Gasteiger partial charge in [-0.05, 0) is 26.7 Å². The Bertz CT molecular complexity index is 499. The fraction of sp³-hybridized carbons (Fsp3) is 0.972. The molecule has 0 aliphatic heterocycles. The SMILES string of the molecule is CCCCCCCCCCCCCCCCN(CC(C)(C)O)C(=O)CCCCCCCCCCCCCCC. The standard InChI is InChI=1S/C36H73NO2/c1-5-7-9-11-13-15-17-19-21-23-25-27-29-31-33-37(34-36(3,4)39)35(38)32-30-28-26-24-22-20-18-16-14-12-10-8-6-2/h39H,5-34H2,1-4H3. The van der Waals surface area contributed by atoms with Gasteiger partial charge in [0.25, 0.3) is 0 Å². The van der Waals surface area contributed by atoms with Gasteiger partial charge >= 0.3 is 0 Å². The van der Waals surface area contributed by atoms with Crippen molar-refractivity contribution in [1.29, 1.82) is 0 Å². The summed E-state index contributed by atoms with van der Waals surface area (Å²) in [7, 11) is 0. The molecule has 0 unspecified atom stereocenters. The van der Waals surface area contributed by atoms with E-state index >= 15 is 0 Å². The number of nitrogens with zero attached hydrogens (tertiary/aromatic N) is 1. The average Bonchev–Trinajstić information content (AvgIpc) is 2.90. The molecule has 0 atom stereocenters. The van der Waals surface area contributed by atoms with Crippen LogP contribution in [0.5, 0.6) is 0 Å². The molecule has 0 saturated carbocycles. The van der Waals surface area contributed by atoms with Crippen molar-refractivity contribution in [2.75, 3.05) is 13.1 Å². The van der Waals surface area contributed by atoms with Crippen LogP contribution < -0.4 is 0 Å². The molecule has 3 heteroatoms. The lowest BCUT2D eigenvalue weighted by atomic mass is 10.0. The fourth-order valence-electron chi connectivity index (χ4n) is 5.71. The van der Waals surface area contributed by atoms with E-state index in [-0.39, 0.29) is 5.91 Å². The molecule has 0 rings (SSSR count). The average molecular weight is 552 g/mol. The summed E-state index contributed by atoms with van der Waals surface area (Å²) in [5, 5.41) is 10.3. The molecule has 0 aromatic carbocycles. The smallest absolute Gasteiger partial charge is 0.222 e. The normalized spacial score (nSPS) is 11.8. The van der Waals surface area contributed by atoms with Crippen molar-refractivity contribution in [3.63, 3.8) is 0 Å². The molecule has 3 nitrogen and oxygen atoms in total. The topological polar surface area (TPSA) is 40.5 Å². The zero-order chi connectivity index (χ0) is 28.9. The maximum atomic E-state index is 12.9. The largest absolute Gasteiger partial charge is 0.389 e. The van der Waals surface area contributed by atoms with Crippen molar-refractivity contribution in [1.82, 2.24) is 4.90 Å². The molecular weight excluding hydrogens is 478 g/mol. The molecule has 0 saturated heterocycles. The Morgan fingerprint density at radius 3 is 1.08 bits per heavy atom. The van der Waals surface area contributed by atoms with Crippen molar-refractivity contribution in [3.8, 4) is 0 Å². The zero-order valence-electron chi connectivity index (χ0n) is 27.5. The predicted molar refractivity (Wildman–Crippen MR) is 174 cm³/mol. The number of amides is 1. The van der Waals surface area contributed by atoms with Crippen molar-refractivity contribution < 1.29 is 9.90 Å². The first-order chi connectivity index (χ1) is 18.9. The Labute approximate surface area is 246 Å². The van der Waals surface area contributed by atoms with Gasteiger partial charge in [-0.2, -0.15) is 0 Å². The van der Waals surface area contributed by atoms with Crippen LogP contribution >= 0.6 is 0 Å². The molecule has 234 valence electrons. The number of hydrogen-bond acceptors (Lipinski definition) is 2. The van der Waals surface area contributed by atoms with Gasteiger partial charge in [-0.1, -0.05) is 174 Å². The molecule has 0 bridgehead atoms. The third kappa shape index (κ3) is 30.2. The van der Waals surface area contributed by atoms with Gasteiger partial charge in [0.15, 0.2) is 0 Å². The van der Waals surface area contributed by atoms with E-state index in [1.807, 2.05) is 18.7 Å². The van der Waals surface area contributed by atoms with Crippen LogP contribution in [0.25, 0.3) is 0 Å². The third-order valence-corrected chi connectivity index (χ3v) is 8.21. The van der Waals surface area contributed by atoms with Crippen molar-refractivity contribution in [3.05, 3.63) is 0 Å². The number of rotatable bonds is 31. The van der Waals surface area contributed by atoms with Crippen molar-refractivity contribution >= 4 is 5.91 Å². The molecule has 1 amide bonds. The van der Waals surface area contributed by atoms with E-state index in [2.05, 4.69) is 13.8 Å². The number of hydrogen-bond donors (Lipinski definition) is 1. The second-order valence-corrected chi connectivity index (χ2v) is 13.2. The van der Waals surface area contributed by atoms with Crippen molar-refractivity contribution in [2.45, 2.75) is 213 Å². The number of carbonyl (C=O) groups excluding carboxylic acids is 1. The zero-order valence-corrected chi connectivity index (χ0v) is 27.5. The minimum absolute atomic E-state index is 0.245. The van der Waals surface area contributed by atoms with E-state index < -0.39 is 5.60 Å². The van der Waals surface area contributed by atoms with E-state index in [0.717, 1.165) is 25.8 Å². The predicted octanol–water partition coefficient (Wildman–Crippen LogP) is 11.5. The van der Waals surface area contributed by atoms with Crippen LogP contribution in [-0.2, 0) is 4.79 Å². The molecule has 0 aliphatic rings. The number of aliphatic hydroxyl groups is 1. The molecule has 0 aromatic rings. The maximum absolute atomic E-state index is 12.9. The van der Waals surface area contributed by atoms with Crippen LogP contribution in [0.15, 0.2) is 0 Å². The van der Waals surface area contributed by atoms with Gasteiger partial charge in [-0.25, -0.2) is 0 Å². The van der Waals surface area contributed by atoms with E-state index in [4.69, 9.17) is 0 Å². The van der Waals surface area contributed by atoms with Gasteiger partial charge in [0.2, 0.25) is 5.91 Å². The van der Waals surface area contributed by atoms with Gasteiger partial charge in [0, 0.05) is 19.5 Å². The highest BCUT2D eigenvalue weighted by atomic mass is 16.3. The van der Waals surface area contributed by atoms with Gasteiger partial charge in [0.1, 0.15) is 0 Å². The molecule has 0 spiro atoms. The number of carbonyl (C=O) groups is 1. The summed E-state index contributed by atoms with van der Waals surface area (Å²) in [4.78, 5) is 14.8. The highest BCUT2D eigenvalue weighted by Crippen LogP contribution is 2.16. The summed E-state index contributed by atoms with van der Waals surface area (Å²) in [6, 6.07) is 0. The lowest BCUT2D eigenvalue weighted by Crippen LogP contribution is -2.42. The van der Waals surface area contributed by atoms with Gasteiger partial charge in [0.05, 0.1) is 5.60 Å². The second kappa shape index (κ2) is 28.9. The Kier molecular flexibility index (Phi) is 28.5. The van der Waals surface area contributed by atoms with E-state index in [1.54, 1.807) is 0 Å². The first-order valence-electron chi connectivity index (χ1n) is 17.9. The van der Waals surface area contributed by atoms with E-state index in [0.29, 0.717) is 13.0 Å². The Balaban J connectivity index is 3.77. The first-order valence-corrected chi connectivity index (χ1v) is 17.9. The van der Waals surface area contributed by atoms with Gasteiger partial charge in [-0.15, -0.1) is 0 Å². The minimum Gasteiger partial charge on any atom is -0.389 e. The Hall–Kier alpha value is -0.570. The van der Waals surface area contributed by atoms with Crippen LogP contribution in [0.2, 0.25) is 0 Å². The molecule has 1 N–H and O–H groups in total. The molecule has 0 aromatic heterocycles. The summed E-state index contributed by atoms with van der Waals surface area (Å²) >= 11 is 0. The molecule has 39 heavy (non-hydrogen) atoms. The summed E-state index contributed by atoms with van der Waals surface area (Å²) in [5.41, 5.74) is -0.818. The summed E-state index contributed by atoms with van der Waals surface area (Å²) in [6.07, 6.45) is 36.8. The maximum Gasteiger partial charge on any atom is 0.222 e. The lowest BCUT2D eigenvalue weighted by molar-refractivity contribution is -0.134. The second-order valence-electron chi connectivity index (χ2n) is 13.2. The Morgan fingerprint density at radius 1 is 0.487 bits per heavy atom. The van der Waals surface area contributed by atoms with Gasteiger partial charge < -0.3 is 10.0 Å². The summed E-state index contributed by atoms with van der Waals surface area (Å²) in [6.45, 7) is 9.48. The minimum atomic E-state index is -0.818. The molecular formula is C36H73NO2. The molecule has 0 radical (unpaired) electrons. The van der Waals surface area contributed by atoms with Crippen LogP contribution in [0.4, 0.5) is 0 Å². The van der Waals surface area contributed by atoms with Crippen LogP contribution in [0, 0.1) is 0 Å². The Morgan fingerprint density at radius 2 is 0.769 bits per heavy atom. The first kappa shape index (κ1) is 38.4. The highest BCUT2D eigenvalue weighted by Gasteiger charge is 2.21. The third-order valence-electron chi connectivity index (χ3n) is 8.21. The van der Waals surface area contributed by atoms with Crippen LogP contribution in [0.1, 0.15) is 207 Å². The van der Waals surface area contributed by atoms with E-state index in [9.17, 15) is 9.90 Å². The van der Waals surface area contributed by atoms with Gasteiger partial charge in [-0.3, -0.25) is 4.79 Å². The van der Waals surface area contributed by atoms with Crippen LogP contribution in [-0.4, -0.2) is 34.6 Å². The summed E-state index contributed by atoms with van der Waals surface area (Å²) < 4.78 is 0. The molecule has 0 heterocycles. The van der Waals surface area contributed by atoms with E-state index in [1.165, 1.54) is 154 Å². The highest BCUT2D eigenvalue weighted by molar-refractivity contribution is 5.76. The molecule has 0 fully saturated rings. The fourth-order valence-corrected chi connectivity index (χ4v) is 5.71. The summed E-state index contributed by atoms with van der Waals surface area (Å²) in [5.74, 6) is 0.245. The molecule has 0 aliphatic carbocycles. The monoisotopic (exact) mass is 552 g/mol.